The van der Waals surface area contributed by atoms with E-state index < -0.39 is 97.5 Å². The van der Waals surface area contributed by atoms with Crippen LogP contribution in [0.1, 0.15) is 337 Å². The van der Waals surface area contributed by atoms with Crippen LogP contribution in [0.25, 0.3) is 0 Å². The second-order valence-corrected chi connectivity index (χ2v) is 28.4. The second-order valence-electron chi connectivity index (χ2n) is 25.5. The first-order valence-corrected chi connectivity index (χ1v) is 38.4. The summed E-state index contributed by atoms with van der Waals surface area (Å²) in [5, 5.41) is 10.6. The number of unbranched alkanes of at least 4 members (excludes halogenated alkanes) is 32. The van der Waals surface area contributed by atoms with Crippen molar-refractivity contribution in [3.63, 3.8) is 0 Å². The molecule has 0 rings (SSSR count). The van der Waals surface area contributed by atoms with Gasteiger partial charge in [0.25, 0.3) is 0 Å². The van der Waals surface area contributed by atoms with Crippen LogP contribution in [0.4, 0.5) is 0 Å². The molecule has 0 amide bonds. The van der Waals surface area contributed by atoms with Crippen molar-refractivity contribution >= 4 is 39.5 Å². The highest BCUT2D eigenvalue weighted by atomic mass is 31.2. The van der Waals surface area contributed by atoms with Gasteiger partial charge in [0.1, 0.15) is 19.3 Å². The molecule has 3 N–H and O–H groups in total. The van der Waals surface area contributed by atoms with Crippen LogP contribution in [0.5, 0.6) is 0 Å². The normalized spacial score (nSPS) is 14.9. The SMILES string of the molecule is CCCCCCCCCCC(=O)OC[C@H](COP(=O)(O)OC[C@H](O)COP(=O)(O)OC[C@@H](COC(=O)CCCCCCCCCCCCC(C)CC)OC(=O)CCCCCCCCCCCCCCC(C)C)OC(=O)CCCCCCCCC(C)CC. The standard InChI is InChI=1S/C68H132O17P2/c1-8-11-12-13-14-27-35-42-49-65(70)78-56-64(85-68(73)52-45-38-31-30-34-41-48-61(7)10-3)58-83-87(76,77)81-54-62(69)53-80-86(74,75)82-57-63(55-79-66(71)50-43-36-28-23-20-19-22-26-33-40-47-60(6)9-2)84-67(72)51-44-37-29-24-18-16-15-17-21-25-32-39-46-59(4)5/h59-64,69H,8-58H2,1-7H3,(H,74,75)(H,76,77)/t60?,61?,62-,63-,64-/m1/s1. The maximum atomic E-state index is 13.0. The predicted molar refractivity (Wildman–Crippen MR) is 349 cm³/mol. The van der Waals surface area contributed by atoms with Crippen LogP contribution in [0.15, 0.2) is 0 Å². The van der Waals surface area contributed by atoms with Crippen LogP contribution in [0, 0.1) is 17.8 Å². The van der Waals surface area contributed by atoms with Crippen molar-refractivity contribution in [2.75, 3.05) is 39.6 Å². The van der Waals surface area contributed by atoms with E-state index in [4.69, 9.17) is 37.0 Å². The van der Waals surface area contributed by atoms with Gasteiger partial charge in [0.15, 0.2) is 12.2 Å². The molecule has 0 aromatic heterocycles. The number of hydrogen-bond acceptors (Lipinski definition) is 15. The molecule has 0 aliphatic heterocycles. The van der Waals surface area contributed by atoms with Crippen molar-refractivity contribution in [3.8, 4) is 0 Å². The van der Waals surface area contributed by atoms with Crippen molar-refractivity contribution in [1.82, 2.24) is 0 Å². The summed E-state index contributed by atoms with van der Waals surface area (Å²) in [6.45, 7) is 11.8. The maximum Gasteiger partial charge on any atom is 0.472 e. The lowest BCUT2D eigenvalue weighted by Gasteiger charge is -2.21. The number of rotatable bonds is 66. The summed E-state index contributed by atoms with van der Waals surface area (Å²) in [5.74, 6) is 0.173. The van der Waals surface area contributed by atoms with Crippen LogP contribution in [-0.2, 0) is 65.4 Å². The van der Waals surface area contributed by atoms with Gasteiger partial charge in [-0.05, 0) is 43.4 Å². The lowest BCUT2D eigenvalue weighted by atomic mass is 9.99. The molecule has 516 valence electrons. The molecule has 17 nitrogen and oxygen atoms in total. The Morgan fingerprint density at radius 1 is 0.333 bits per heavy atom. The molecule has 0 fully saturated rings. The number of aliphatic hydroxyl groups excluding tert-OH is 1. The highest BCUT2D eigenvalue weighted by molar-refractivity contribution is 7.47. The topological polar surface area (TPSA) is 237 Å². The minimum Gasteiger partial charge on any atom is -0.462 e. The molecular formula is C68H132O17P2. The smallest absolute Gasteiger partial charge is 0.462 e. The van der Waals surface area contributed by atoms with Crippen molar-refractivity contribution < 1.29 is 80.2 Å². The Bertz CT molecular complexity index is 1720. The molecule has 0 bridgehead atoms. The van der Waals surface area contributed by atoms with E-state index >= 15 is 0 Å². The molecule has 0 spiro atoms. The average Bonchev–Trinajstić information content (AvgIpc) is 3.71. The Kier molecular flexibility index (Phi) is 57.8. The molecule has 7 atom stereocenters. The molecule has 4 unspecified atom stereocenters. The number of phosphoric ester groups is 2. The van der Waals surface area contributed by atoms with E-state index in [1.807, 2.05) is 0 Å². The van der Waals surface area contributed by atoms with E-state index in [9.17, 15) is 43.2 Å². The Morgan fingerprint density at radius 3 is 0.874 bits per heavy atom. The van der Waals surface area contributed by atoms with Gasteiger partial charge in [-0.3, -0.25) is 37.3 Å². The van der Waals surface area contributed by atoms with Gasteiger partial charge in [0.05, 0.1) is 26.4 Å². The lowest BCUT2D eigenvalue weighted by Crippen LogP contribution is -2.30. The molecule has 19 heteroatoms. The fraction of sp³-hybridized carbons (Fsp3) is 0.941. The first-order valence-electron chi connectivity index (χ1n) is 35.4. The Balaban J connectivity index is 5.24. The summed E-state index contributed by atoms with van der Waals surface area (Å²) >= 11 is 0. The molecule has 0 heterocycles. The van der Waals surface area contributed by atoms with Crippen LogP contribution in [0.2, 0.25) is 0 Å². The van der Waals surface area contributed by atoms with Gasteiger partial charge < -0.3 is 33.8 Å². The van der Waals surface area contributed by atoms with E-state index in [0.29, 0.717) is 25.7 Å². The number of ether oxygens (including phenoxy) is 4. The number of phosphoric acid groups is 2. The number of carbonyl (C=O) groups is 4. The van der Waals surface area contributed by atoms with Crippen molar-refractivity contribution in [1.29, 1.82) is 0 Å². The monoisotopic (exact) mass is 1280 g/mol. The van der Waals surface area contributed by atoms with Gasteiger partial charge in [0.2, 0.25) is 0 Å². The zero-order valence-electron chi connectivity index (χ0n) is 56.5. The number of esters is 4. The summed E-state index contributed by atoms with van der Waals surface area (Å²) in [4.78, 5) is 72.4. The Hall–Kier alpha value is -1.94. The molecule has 0 aromatic rings. The highest BCUT2D eigenvalue weighted by Crippen LogP contribution is 2.45. The van der Waals surface area contributed by atoms with Crippen molar-refractivity contribution in [2.45, 2.75) is 356 Å². The van der Waals surface area contributed by atoms with Gasteiger partial charge in [-0.15, -0.1) is 0 Å². The summed E-state index contributed by atoms with van der Waals surface area (Å²) in [6, 6.07) is 0. The maximum absolute atomic E-state index is 13.0. The van der Waals surface area contributed by atoms with Gasteiger partial charge in [-0.25, -0.2) is 9.13 Å². The Labute approximate surface area is 530 Å². The zero-order valence-corrected chi connectivity index (χ0v) is 58.3. The van der Waals surface area contributed by atoms with E-state index in [-0.39, 0.29) is 25.7 Å². The third kappa shape index (κ3) is 60.1. The molecule has 0 aliphatic carbocycles. The van der Waals surface area contributed by atoms with E-state index in [1.54, 1.807) is 0 Å². The van der Waals surface area contributed by atoms with Crippen LogP contribution in [-0.4, -0.2) is 96.7 Å². The predicted octanol–water partition coefficient (Wildman–Crippen LogP) is 19.1. The van der Waals surface area contributed by atoms with E-state index in [1.165, 1.54) is 141 Å². The summed E-state index contributed by atoms with van der Waals surface area (Å²) in [5.41, 5.74) is 0. The summed E-state index contributed by atoms with van der Waals surface area (Å²) < 4.78 is 68.1. The molecule has 0 aromatic carbocycles. The summed E-state index contributed by atoms with van der Waals surface area (Å²) in [6.07, 6.45) is 41.7. The largest absolute Gasteiger partial charge is 0.472 e. The third-order valence-electron chi connectivity index (χ3n) is 16.4. The Morgan fingerprint density at radius 2 is 0.586 bits per heavy atom. The van der Waals surface area contributed by atoms with Gasteiger partial charge in [-0.1, -0.05) is 286 Å². The minimum atomic E-state index is -4.95. The van der Waals surface area contributed by atoms with E-state index in [0.717, 1.165) is 114 Å². The van der Waals surface area contributed by atoms with Crippen molar-refractivity contribution in [2.24, 2.45) is 17.8 Å². The fourth-order valence-corrected chi connectivity index (χ4v) is 11.7. The van der Waals surface area contributed by atoms with Crippen LogP contribution >= 0.6 is 15.6 Å². The fourth-order valence-electron chi connectivity index (χ4n) is 10.1. The molecule has 0 saturated heterocycles. The van der Waals surface area contributed by atoms with Crippen molar-refractivity contribution in [3.05, 3.63) is 0 Å². The van der Waals surface area contributed by atoms with Gasteiger partial charge >= 0.3 is 39.5 Å². The zero-order chi connectivity index (χ0) is 64.5. The first kappa shape index (κ1) is 85.1. The molecule has 0 saturated carbocycles. The number of carbonyl (C=O) groups excluding carboxylic acids is 4. The number of aliphatic hydroxyl groups is 1. The molecule has 0 radical (unpaired) electrons. The lowest BCUT2D eigenvalue weighted by molar-refractivity contribution is -0.161. The van der Waals surface area contributed by atoms with Crippen LogP contribution < -0.4 is 0 Å². The minimum absolute atomic E-state index is 0.102. The van der Waals surface area contributed by atoms with E-state index in [2.05, 4.69) is 48.5 Å². The first-order chi connectivity index (χ1) is 41.8. The number of hydrogen-bond donors (Lipinski definition) is 3. The third-order valence-corrected chi connectivity index (χ3v) is 18.3. The van der Waals surface area contributed by atoms with Gasteiger partial charge in [0, 0.05) is 25.7 Å². The highest BCUT2D eigenvalue weighted by Gasteiger charge is 2.30. The molecule has 0 aliphatic rings. The summed E-state index contributed by atoms with van der Waals surface area (Å²) in [7, 11) is -9.89. The quantitative estimate of drug-likeness (QED) is 0.0222. The molecular weight excluding hydrogens is 1150 g/mol. The van der Waals surface area contributed by atoms with Gasteiger partial charge in [-0.2, -0.15) is 0 Å². The molecule has 87 heavy (non-hydrogen) atoms. The second kappa shape index (κ2) is 59.1. The average molecular weight is 1280 g/mol. The van der Waals surface area contributed by atoms with Crippen LogP contribution in [0.3, 0.4) is 0 Å².